The lowest BCUT2D eigenvalue weighted by Crippen LogP contribution is -2.36. The maximum atomic E-state index is 13.8. The van der Waals surface area contributed by atoms with E-state index >= 15 is 0 Å². The molecule has 2 aromatic rings. The topological polar surface area (TPSA) is 75.3 Å². The smallest absolute Gasteiger partial charge is 0.262 e. The Labute approximate surface area is 163 Å². The van der Waals surface area contributed by atoms with Gasteiger partial charge in [-0.25, -0.2) is 17.2 Å². The van der Waals surface area contributed by atoms with Crippen LogP contribution in [0.2, 0.25) is 0 Å². The van der Waals surface area contributed by atoms with E-state index in [-0.39, 0.29) is 28.1 Å². The van der Waals surface area contributed by atoms with Crippen LogP contribution >= 0.6 is 0 Å². The molecule has 0 spiro atoms. The Hall–Kier alpha value is -2.48. The summed E-state index contributed by atoms with van der Waals surface area (Å²) in [6.07, 6.45) is 5.10. The number of halogens is 2. The molecule has 0 radical (unpaired) electrons. The zero-order valence-electron chi connectivity index (χ0n) is 15.5. The van der Waals surface area contributed by atoms with Crippen LogP contribution in [-0.4, -0.2) is 20.4 Å². The van der Waals surface area contributed by atoms with Gasteiger partial charge in [0.15, 0.2) is 0 Å². The number of hydrogen-bond donors (Lipinski definition) is 2. The minimum absolute atomic E-state index is 0.0901. The van der Waals surface area contributed by atoms with E-state index < -0.39 is 21.7 Å². The van der Waals surface area contributed by atoms with Crippen LogP contribution in [0, 0.1) is 18.6 Å². The average molecular weight is 408 g/mol. The third-order valence-corrected chi connectivity index (χ3v) is 6.24. The Morgan fingerprint density at radius 3 is 2.43 bits per heavy atom. The largest absolute Gasteiger partial charge is 0.349 e. The summed E-state index contributed by atoms with van der Waals surface area (Å²) in [4.78, 5) is 12.5. The van der Waals surface area contributed by atoms with E-state index in [1.165, 1.54) is 18.2 Å². The molecule has 1 aliphatic rings. The normalized spacial score (nSPS) is 15.2. The molecule has 1 saturated carbocycles. The molecule has 0 aliphatic heterocycles. The Kier molecular flexibility index (Phi) is 5.98. The summed E-state index contributed by atoms with van der Waals surface area (Å²) >= 11 is 0. The van der Waals surface area contributed by atoms with Crippen LogP contribution in [0.4, 0.5) is 14.5 Å². The molecular formula is C20H22F2N2O3S. The van der Waals surface area contributed by atoms with Crippen molar-refractivity contribution in [2.45, 2.75) is 50.0 Å². The molecule has 0 heterocycles. The molecule has 0 atom stereocenters. The molecule has 28 heavy (non-hydrogen) atoms. The summed E-state index contributed by atoms with van der Waals surface area (Å²) in [6, 6.07) is 6.80. The molecule has 8 heteroatoms. The fourth-order valence-corrected chi connectivity index (χ4v) is 4.39. The molecule has 0 saturated heterocycles. The highest BCUT2D eigenvalue weighted by atomic mass is 32.2. The number of amides is 1. The van der Waals surface area contributed by atoms with Crippen LogP contribution in [0.1, 0.15) is 48.0 Å². The molecule has 1 fully saturated rings. The van der Waals surface area contributed by atoms with E-state index in [9.17, 15) is 22.0 Å². The van der Waals surface area contributed by atoms with Gasteiger partial charge in [0, 0.05) is 17.7 Å². The molecule has 1 amide bonds. The van der Waals surface area contributed by atoms with Gasteiger partial charge in [-0.2, -0.15) is 0 Å². The van der Waals surface area contributed by atoms with Crippen molar-refractivity contribution < 1.29 is 22.0 Å². The minimum atomic E-state index is -4.15. The third kappa shape index (κ3) is 4.67. The number of carbonyl (C=O) groups excluding carboxylic acids is 1. The van der Waals surface area contributed by atoms with Crippen molar-refractivity contribution in [3.63, 3.8) is 0 Å². The molecular weight excluding hydrogens is 386 g/mol. The van der Waals surface area contributed by atoms with Gasteiger partial charge >= 0.3 is 0 Å². The number of hydrogen-bond acceptors (Lipinski definition) is 3. The van der Waals surface area contributed by atoms with E-state index in [4.69, 9.17) is 0 Å². The number of nitrogens with one attached hydrogen (secondary N) is 2. The van der Waals surface area contributed by atoms with Crippen molar-refractivity contribution in [3.8, 4) is 0 Å². The summed E-state index contributed by atoms with van der Waals surface area (Å²) in [5.41, 5.74) is 0.531. The maximum Gasteiger partial charge on any atom is 0.262 e. The first-order valence-corrected chi connectivity index (χ1v) is 10.6. The van der Waals surface area contributed by atoms with Crippen LogP contribution in [0.25, 0.3) is 0 Å². The van der Waals surface area contributed by atoms with Crippen LogP contribution < -0.4 is 10.0 Å². The first kappa shape index (κ1) is 20.3. The number of sulfonamides is 1. The zero-order chi connectivity index (χ0) is 20.3. The maximum absolute atomic E-state index is 13.8. The van der Waals surface area contributed by atoms with Crippen molar-refractivity contribution in [1.82, 2.24) is 5.32 Å². The monoisotopic (exact) mass is 408 g/mol. The summed E-state index contributed by atoms with van der Waals surface area (Å²) in [5, 5.41) is 2.96. The van der Waals surface area contributed by atoms with Gasteiger partial charge in [0.1, 0.15) is 11.6 Å². The Bertz CT molecular complexity index is 987. The van der Waals surface area contributed by atoms with Gasteiger partial charge in [-0.15, -0.1) is 0 Å². The summed E-state index contributed by atoms with van der Waals surface area (Å²) < 4.78 is 54.1. The summed E-state index contributed by atoms with van der Waals surface area (Å²) in [6.45, 7) is 1.72. The van der Waals surface area contributed by atoms with E-state index in [0.29, 0.717) is 11.6 Å². The Balaban J connectivity index is 1.83. The van der Waals surface area contributed by atoms with Gasteiger partial charge in [0.2, 0.25) is 0 Å². The van der Waals surface area contributed by atoms with Gasteiger partial charge in [-0.3, -0.25) is 9.52 Å². The lowest BCUT2D eigenvalue weighted by Gasteiger charge is -2.23. The highest BCUT2D eigenvalue weighted by molar-refractivity contribution is 7.92. The lowest BCUT2D eigenvalue weighted by molar-refractivity contribution is 0.0927. The molecule has 0 unspecified atom stereocenters. The number of anilines is 1. The minimum Gasteiger partial charge on any atom is -0.349 e. The average Bonchev–Trinajstić information content (AvgIpc) is 2.65. The predicted molar refractivity (Wildman–Crippen MR) is 103 cm³/mol. The van der Waals surface area contributed by atoms with Crippen LogP contribution in [-0.2, 0) is 10.0 Å². The lowest BCUT2D eigenvalue weighted by atomic mass is 9.95. The highest BCUT2D eigenvalue weighted by Crippen LogP contribution is 2.23. The molecule has 2 aromatic carbocycles. The quantitative estimate of drug-likeness (QED) is 0.781. The van der Waals surface area contributed by atoms with Crippen molar-refractivity contribution in [3.05, 3.63) is 59.2 Å². The standard InChI is InChI=1S/C20H22F2N2O3S/c1-13-7-9-16(12-17(13)20(25)23-15-5-3-2-4-6-15)28(26,27)24-19-10-8-14(21)11-18(19)22/h7-12,15,24H,2-6H2,1H3,(H,23,25). The predicted octanol–water partition coefficient (Wildman–Crippen LogP) is 4.14. The van der Waals surface area contributed by atoms with E-state index in [1.807, 2.05) is 0 Å². The molecule has 3 rings (SSSR count). The molecule has 2 N–H and O–H groups in total. The Morgan fingerprint density at radius 1 is 1.04 bits per heavy atom. The fourth-order valence-electron chi connectivity index (χ4n) is 3.30. The third-order valence-electron chi connectivity index (χ3n) is 4.88. The van der Waals surface area contributed by atoms with Crippen molar-refractivity contribution in [1.29, 1.82) is 0 Å². The van der Waals surface area contributed by atoms with Gasteiger partial charge < -0.3 is 5.32 Å². The highest BCUT2D eigenvalue weighted by Gasteiger charge is 2.22. The second kappa shape index (κ2) is 8.26. The molecule has 0 bridgehead atoms. The number of rotatable bonds is 5. The van der Waals surface area contributed by atoms with E-state index in [0.717, 1.165) is 44.2 Å². The molecule has 1 aliphatic carbocycles. The van der Waals surface area contributed by atoms with Gasteiger partial charge in [-0.1, -0.05) is 25.3 Å². The fraction of sp³-hybridized carbons (Fsp3) is 0.350. The SMILES string of the molecule is Cc1ccc(S(=O)(=O)Nc2ccc(F)cc2F)cc1C(=O)NC1CCCCC1. The first-order valence-electron chi connectivity index (χ1n) is 9.15. The Morgan fingerprint density at radius 2 is 1.75 bits per heavy atom. The van der Waals surface area contributed by atoms with Gasteiger partial charge in [-0.05, 0) is 49.6 Å². The summed E-state index contributed by atoms with van der Waals surface area (Å²) in [7, 11) is -4.15. The second-order valence-electron chi connectivity index (χ2n) is 7.01. The number of aryl methyl sites for hydroxylation is 1. The molecule has 150 valence electrons. The summed E-state index contributed by atoms with van der Waals surface area (Å²) in [5.74, 6) is -2.15. The number of benzene rings is 2. The number of carbonyl (C=O) groups is 1. The van der Waals surface area contributed by atoms with Gasteiger partial charge in [0.05, 0.1) is 10.6 Å². The van der Waals surface area contributed by atoms with E-state index in [1.54, 1.807) is 6.92 Å². The zero-order valence-corrected chi connectivity index (χ0v) is 16.3. The van der Waals surface area contributed by atoms with Crippen LogP contribution in [0.3, 0.4) is 0 Å². The first-order chi connectivity index (χ1) is 13.3. The van der Waals surface area contributed by atoms with Crippen molar-refractivity contribution >= 4 is 21.6 Å². The van der Waals surface area contributed by atoms with E-state index in [2.05, 4.69) is 10.0 Å². The molecule has 0 aromatic heterocycles. The van der Waals surface area contributed by atoms with Crippen LogP contribution in [0.15, 0.2) is 41.3 Å². The van der Waals surface area contributed by atoms with Crippen LogP contribution in [0.5, 0.6) is 0 Å². The second-order valence-corrected chi connectivity index (χ2v) is 8.70. The van der Waals surface area contributed by atoms with Crippen molar-refractivity contribution in [2.24, 2.45) is 0 Å². The van der Waals surface area contributed by atoms with Crippen molar-refractivity contribution in [2.75, 3.05) is 4.72 Å². The molecule has 5 nitrogen and oxygen atoms in total. The van der Waals surface area contributed by atoms with Gasteiger partial charge in [0.25, 0.3) is 15.9 Å².